The molecular formula is C14H12BrFN2O. The van der Waals surface area contributed by atoms with E-state index in [2.05, 4.69) is 32.3 Å². The van der Waals surface area contributed by atoms with E-state index in [-0.39, 0.29) is 5.88 Å². The Labute approximate surface area is 118 Å². The van der Waals surface area contributed by atoms with Crippen molar-refractivity contribution in [2.45, 2.75) is 12.8 Å². The lowest BCUT2D eigenvalue weighted by Crippen LogP contribution is -2.12. The van der Waals surface area contributed by atoms with E-state index in [1.807, 2.05) is 12.1 Å². The van der Waals surface area contributed by atoms with Crippen molar-refractivity contribution in [3.8, 4) is 11.6 Å². The molecule has 3 nitrogen and oxygen atoms in total. The van der Waals surface area contributed by atoms with Gasteiger partial charge in [0.25, 0.3) is 5.88 Å². The molecule has 0 spiro atoms. The number of hydrogen-bond donors (Lipinski definition) is 1. The van der Waals surface area contributed by atoms with Crippen LogP contribution in [0.15, 0.2) is 34.9 Å². The molecule has 1 aliphatic rings. The highest BCUT2D eigenvalue weighted by atomic mass is 79.9. The van der Waals surface area contributed by atoms with E-state index >= 15 is 0 Å². The number of rotatable bonds is 2. The Bertz CT molecular complexity index is 618. The van der Waals surface area contributed by atoms with Crippen LogP contribution in [-0.2, 0) is 6.42 Å². The van der Waals surface area contributed by atoms with Crippen molar-refractivity contribution >= 4 is 21.6 Å². The van der Waals surface area contributed by atoms with Crippen molar-refractivity contribution in [1.82, 2.24) is 4.98 Å². The SMILES string of the molecule is Fc1cc(Br)cnc1Oc1cccc2c1NCCC2. The molecule has 0 saturated heterocycles. The van der Waals surface area contributed by atoms with E-state index in [9.17, 15) is 4.39 Å². The molecule has 0 aliphatic carbocycles. The van der Waals surface area contributed by atoms with Crippen LogP contribution in [0.2, 0.25) is 0 Å². The van der Waals surface area contributed by atoms with Gasteiger partial charge < -0.3 is 10.1 Å². The molecule has 1 N–H and O–H groups in total. The second kappa shape index (κ2) is 5.17. The Morgan fingerprint density at radius 3 is 3.11 bits per heavy atom. The highest BCUT2D eigenvalue weighted by Gasteiger charge is 2.15. The van der Waals surface area contributed by atoms with E-state index < -0.39 is 5.82 Å². The number of nitrogens with one attached hydrogen (secondary N) is 1. The molecule has 0 saturated carbocycles. The summed E-state index contributed by atoms with van der Waals surface area (Å²) < 4.78 is 19.9. The molecule has 19 heavy (non-hydrogen) atoms. The van der Waals surface area contributed by atoms with Crippen LogP contribution in [0, 0.1) is 5.82 Å². The average Bonchev–Trinajstić information content (AvgIpc) is 2.42. The second-order valence-electron chi connectivity index (χ2n) is 4.36. The van der Waals surface area contributed by atoms with E-state index in [4.69, 9.17) is 4.74 Å². The van der Waals surface area contributed by atoms with Gasteiger partial charge in [0.1, 0.15) is 0 Å². The number of halogens is 2. The summed E-state index contributed by atoms with van der Waals surface area (Å²) in [4.78, 5) is 3.95. The summed E-state index contributed by atoms with van der Waals surface area (Å²) in [5.74, 6) is 0.123. The highest BCUT2D eigenvalue weighted by molar-refractivity contribution is 9.10. The van der Waals surface area contributed by atoms with Crippen LogP contribution >= 0.6 is 15.9 Å². The average molecular weight is 323 g/mol. The maximum Gasteiger partial charge on any atom is 0.256 e. The summed E-state index contributed by atoms with van der Waals surface area (Å²) in [6, 6.07) is 7.13. The zero-order valence-electron chi connectivity index (χ0n) is 10.1. The number of anilines is 1. The Morgan fingerprint density at radius 2 is 2.26 bits per heavy atom. The van der Waals surface area contributed by atoms with Gasteiger partial charge in [-0.15, -0.1) is 0 Å². The molecule has 98 valence electrons. The van der Waals surface area contributed by atoms with Crippen LogP contribution in [0.5, 0.6) is 11.6 Å². The number of fused-ring (bicyclic) bond motifs is 1. The third-order valence-electron chi connectivity index (χ3n) is 3.02. The Balaban J connectivity index is 1.95. The third-order valence-corrected chi connectivity index (χ3v) is 3.45. The fourth-order valence-electron chi connectivity index (χ4n) is 2.14. The number of para-hydroxylation sites is 1. The highest BCUT2D eigenvalue weighted by Crippen LogP contribution is 2.35. The summed E-state index contributed by atoms with van der Waals surface area (Å²) in [5.41, 5.74) is 2.14. The quantitative estimate of drug-likeness (QED) is 0.902. The molecule has 2 aromatic rings. The zero-order chi connectivity index (χ0) is 13.2. The minimum Gasteiger partial charge on any atom is -0.434 e. The predicted octanol–water partition coefficient (Wildman–Crippen LogP) is 4.13. The smallest absolute Gasteiger partial charge is 0.256 e. The standard InChI is InChI=1S/C14H12BrFN2O/c15-10-7-11(16)14(18-8-10)19-12-5-1-3-9-4-2-6-17-13(9)12/h1,3,5,7-8,17H,2,4,6H2. The predicted molar refractivity (Wildman–Crippen MR) is 75.2 cm³/mol. The van der Waals surface area contributed by atoms with Crippen molar-refractivity contribution in [2.75, 3.05) is 11.9 Å². The lowest BCUT2D eigenvalue weighted by Gasteiger charge is -2.20. The first-order valence-electron chi connectivity index (χ1n) is 6.09. The van der Waals surface area contributed by atoms with Gasteiger partial charge in [0.15, 0.2) is 11.6 Å². The van der Waals surface area contributed by atoms with E-state index in [0.717, 1.165) is 25.1 Å². The van der Waals surface area contributed by atoms with Crippen LogP contribution in [0.1, 0.15) is 12.0 Å². The van der Waals surface area contributed by atoms with E-state index in [1.165, 1.54) is 17.8 Å². The molecule has 5 heteroatoms. The molecule has 1 aromatic heterocycles. The molecular weight excluding hydrogens is 311 g/mol. The van der Waals surface area contributed by atoms with Gasteiger partial charge in [0, 0.05) is 17.2 Å². The summed E-state index contributed by atoms with van der Waals surface area (Å²) in [6.07, 6.45) is 3.62. The number of pyridine rings is 1. The summed E-state index contributed by atoms with van der Waals surface area (Å²) >= 11 is 3.17. The third kappa shape index (κ3) is 2.56. The molecule has 0 amide bonds. The molecule has 1 aliphatic heterocycles. The largest absolute Gasteiger partial charge is 0.434 e. The second-order valence-corrected chi connectivity index (χ2v) is 5.28. The first-order valence-corrected chi connectivity index (χ1v) is 6.88. The van der Waals surface area contributed by atoms with Crippen molar-refractivity contribution in [1.29, 1.82) is 0 Å². The Morgan fingerprint density at radius 1 is 1.37 bits per heavy atom. The minimum absolute atomic E-state index is 0.0102. The monoisotopic (exact) mass is 322 g/mol. The van der Waals surface area contributed by atoms with Gasteiger partial charge in [-0.2, -0.15) is 0 Å². The van der Waals surface area contributed by atoms with Crippen LogP contribution in [0.25, 0.3) is 0 Å². The Hall–Kier alpha value is -1.62. The van der Waals surface area contributed by atoms with Crippen molar-refractivity contribution < 1.29 is 9.13 Å². The van der Waals surface area contributed by atoms with Crippen LogP contribution < -0.4 is 10.1 Å². The fraction of sp³-hybridized carbons (Fsp3) is 0.214. The number of nitrogens with zero attached hydrogens (tertiary/aromatic N) is 1. The number of ether oxygens (including phenoxy) is 1. The van der Waals surface area contributed by atoms with Crippen LogP contribution in [-0.4, -0.2) is 11.5 Å². The Kier molecular flexibility index (Phi) is 3.38. The summed E-state index contributed by atoms with van der Waals surface area (Å²) in [7, 11) is 0. The lowest BCUT2D eigenvalue weighted by atomic mass is 10.0. The maximum absolute atomic E-state index is 13.7. The lowest BCUT2D eigenvalue weighted by molar-refractivity contribution is 0.422. The number of aromatic nitrogens is 1. The van der Waals surface area contributed by atoms with E-state index in [1.54, 1.807) is 0 Å². The first kappa shape index (κ1) is 12.4. The van der Waals surface area contributed by atoms with Crippen LogP contribution in [0.4, 0.5) is 10.1 Å². The number of aryl methyl sites for hydroxylation is 1. The molecule has 0 atom stereocenters. The van der Waals surface area contributed by atoms with Gasteiger partial charge >= 0.3 is 0 Å². The first-order chi connectivity index (χ1) is 9.24. The number of benzene rings is 1. The van der Waals surface area contributed by atoms with E-state index in [0.29, 0.717) is 10.2 Å². The maximum atomic E-state index is 13.7. The van der Waals surface area contributed by atoms with Gasteiger partial charge in [-0.05, 0) is 46.5 Å². The molecule has 3 rings (SSSR count). The van der Waals surface area contributed by atoms with Crippen LogP contribution in [0.3, 0.4) is 0 Å². The van der Waals surface area contributed by atoms with Gasteiger partial charge in [-0.1, -0.05) is 12.1 Å². The zero-order valence-corrected chi connectivity index (χ0v) is 11.7. The summed E-state index contributed by atoms with van der Waals surface area (Å²) in [5, 5.41) is 3.30. The minimum atomic E-state index is -0.484. The topological polar surface area (TPSA) is 34.1 Å². The van der Waals surface area contributed by atoms with Gasteiger partial charge in [-0.3, -0.25) is 0 Å². The number of hydrogen-bond acceptors (Lipinski definition) is 3. The molecule has 0 unspecified atom stereocenters. The van der Waals surface area contributed by atoms with Crippen molar-refractivity contribution in [2.24, 2.45) is 0 Å². The van der Waals surface area contributed by atoms with Crippen molar-refractivity contribution in [3.63, 3.8) is 0 Å². The molecule has 2 heterocycles. The molecule has 0 fully saturated rings. The molecule has 1 aromatic carbocycles. The van der Waals surface area contributed by atoms with Gasteiger partial charge in [-0.25, -0.2) is 9.37 Å². The molecule has 0 bridgehead atoms. The fourth-order valence-corrected chi connectivity index (χ4v) is 2.45. The molecule has 0 radical (unpaired) electrons. The van der Waals surface area contributed by atoms with Gasteiger partial charge in [0.2, 0.25) is 0 Å². The normalized spacial score (nSPS) is 13.6. The summed E-state index contributed by atoms with van der Waals surface area (Å²) in [6.45, 7) is 0.906. The van der Waals surface area contributed by atoms with Gasteiger partial charge in [0.05, 0.1) is 5.69 Å². The van der Waals surface area contributed by atoms with Crippen molar-refractivity contribution in [3.05, 3.63) is 46.3 Å².